The molecule has 0 aliphatic carbocycles. The number of hydrogen-bond acceptors (Lipinski definition) is 2. The first-order valence-electron chi connectivity index (χ1n) is 6.19. The quantitative estimate of drug-likeness (QED) is 0.833. The monoisotopic (exact) mass is 269 g/mol. The number of hydrogen-bond donors (Lipinski definition) is 2. The van der Waals surface area contributed by atoms with Crippen molar-refractivity contribution in [3.63, 3.8) is 0 Å². The lowest BCUT2D eigenvalue weighted by molar-refractivity contribution is -0.124. The largest absolute Gasteiger partial charge is 0.393 e. The van der Waals surface area contributed by atoms with E-state index in [1.54, 1.807) is 6.92 Å². The van der Waals surface area contributed by atoms with Crippen molar-refractivity contribution in [3.8, 4) is 0 Å². The molecule has 0 aliphatic heterocycles. The molecular formula is C14H20ClNO2. The number of aliphatic hydroxyl groups is 1. The first kappa shape index (κ1) is 15.0. The zero-order valence-corrected chi connectivity index (χ0v) is 11.6. The number of halogens is 1. The van der Waals surface area contributed by atoms with Crippen LogP contribution in [0.15, 0.2) is 24.3 Å². The van der Waals surface area contributed by atoms with Crippen LogP contribution in [0.5, 0.6) is 0 Å². The van der Waals surface area contributed by atoms with Gasteiger partial charge in [-0.2, -0.15) is 0 Å². The van der Waals surface area contributed by atoms with E-state index in [-0.39, 0.29) is 17.9 Å². The summed E-state index contributed by atoms with van der Waals surface area (Å²) in [6, 6.07) is 7.52. The lowest BCUT2D eigenvalue weighted by Gasteiger charge is -2.13. The molecule has 1 aromatic rings. The number of carbonyl (C=O) groups is 1. The van der Waals surface area contributed by atoms with Crippen LogP contribution in [0.3, 0.4) is 0 Å². The van der Waals surface area contributed by atoms with Gasteiger partial charge >= 0.3 is 0 Å². The zero-order valence-electron chi connectivity index (χ0n) is 10.8. The summed E-state index contributed by atoms with van der Waals surface area (Å²) in [5.74, 6) is -0.0641. The summed E-state index contributed by atoms with van der Waals surface area (Å²) in [7, 11) is 0. The summed E-state index contributed by atoms with van der Waals surface area (Å²) in [6.07, 6.45) is 0.897. The third kappa shape index (κ3) is 5.52. The molecule has 18 heavy (non-hydrogen) atoms. The van der Waals surface area contributed by atoms with Gasteiger partial charge in [-0.3, -0.25) is 4.79 Å². The summed E-state index contributed by atoms with van der Waals surface area (Å²) >= 11 is 5.81. The molecule has 1 aromatic carbocycles. The van der Waals surface area contributed by atoms with Gasteiger partial charge in [0.2, 0.25) is 5.91 Å². The van der Waals surface area contributed by atoms with E-state index in [2.05, 4.69) is 5.32 Å². The van der Waals surface area contributed by atoms with E-state index in [0.29, 0.717) is 24.4 Å². The summed E-state index contributed by atoms with van der Waals surface area (Å²) in [4.78, 5) is 11.8. The van der Waals surface area contributed by atoms with Crippen molar-refractivity contribution in [3.05, 3.63) is 34.9 Å². The van der Waals surface area contributed by atoms with Gasteiger partial charge in [-0.1, -0.05) is 30.7 Å². The van der Waals surface area contributed by atoms with Crippen molar-refractivity contribution in [2.45, 2.75) is 32.8 Å². The molecule has 100 valence electrons. The van der Waals surface area contributed by atoms with Crippen molar-refractivity contribution in [2.75, 3.05) is 6.54 Å². The molecule has 0 bridgehead atoms. The zero-order chi connectivity index (χ0) is 13.5. The molecule has 0 saturated carbocycles. The van der Waals surface area contributed by atoms with Gasteiger partial charge in [-0.15, -0.1) is 0 Å². The van der Waals surface area contributed by atoms with Crippen LogP contribution in [0.2, 0.25) is 5.02 Å². The normalized spacial score (nSPS) is 14.0. The van der Waals surface area contributed by atoms with Crippen LogP contribution < -0.4 is 5.32 Å². The van der Waals surface area contributed by atoms with Crippen LogP contribution in [-0.4, -0.2) is 23.7 Å². The first-order valence-corrected chi connectivity index (χ1v) is 6.57. The molecule has 0 spiro atoms. The fraction of sp³-hybridized carbons (Fsp3) is 0.500. The Balaban J connectivity index is 2.37. The van der Waals surface area contributed by atoms with Crippen LogP contribution >= 0.6 is 11.6 Å². The molecule has 0 fully saturated rings. The van der Waals surface area contributed by atoms with Gasteiger partial charge in [-0.05, 0) is 37.5 Å². The molecule has 0 radical (unpaired) electrons. The van der Waals surface area contributed by atoms with Gasteiger partial charge in [0.15, 0.2) is 0 Å². The number of benzene rings is 1. The molecule has 3 nitrogen and oxygen atoms in total. The van der Waals surface area contributed by atoms with Gasteiger partial charge < -0.3 is 10.4 Å². The molecule has 1 amide bonds. The standard InChI is InChI=1S/C14H20ClNO2/c1-10(14(18)16-8-7-11(2)17)9-12-3-5-13(15)6-4-12/h3-6,10-11,17H,7-9H2,1-2H3,(H,16,18). The van der Waals surface area contributed by atoms with Crippen molar-refractivity contribution < 1.29 is 9.90 Å². The second-order valence-electron chi connectivity index (χ2n) is 4.66. The lowest BCUT2D eigenvalue weighted by Crippen LogP contribution is -2.32. The van der Waals surface area contributed by atoms with Gasteiger partial charge in [-0.25, -0.2) is 0 Å². The summed E-state index contributed by atoms with van der Waals surface area (Å²) in [5.41, 5.74) is 1.09. The van der Waals surface area contributed by atoms with Crippen molar-refractivity contribution >= 4 is 17.5 Å². The number of amides is 1. The van der Waals surface area contributed by atoms with Crippen LogP contribution in [-0.2, 0) is 11.2 Å². The molecule has 2 unspecified atom stereocenters. The lowest BCUT2D eigenvalue weighted by atomic mass is 10.0. The molecule has 0 heterocycles. The highest BCUT2D eigenvalue weighted by Crippen LogP contribution is 2.13. The topological polar surface area (TPSA) is 49.3 Å². The Morgan fingerprint density at radius 1 is 1.33 bits per heavy atom. The Hall–Kier alpha value is -1.06. The SMILES string of the molecule is CC(O)CCNC(=O)C(C)Cc1ccc(Cl)cc1. The Morgan fingerprint density at radius 3 is 2.50 bits per heavy atom. The van der Waals surface area contributed by atoms with Crippen LogP contribution in [0.1, 0.15) is 25.8 Å². The first-order chi connectivity index (χ1) is 8.49. The van der Waals surface area contributed by atoms with Crippen LogP contribution in [0.4, 0.5) is 0 Å². The third-order valence-electron chi connectivity index (χ3n) is 2.76. The maximum Gasteiger partial charge on any atom is 0.223 e. The predicted octanol–water partition coefficient (Wildman–Crippen LogP) is 2.41. The average molecular weight is 270 g/mol. The van der Waals surface area contributed by atoms with Gasteiger partial charge in [0.25, 0.3) is 0 Å². The fourth-order valence-corrected chi connectivity index (χ4v) is 1.77. The Bertz CT molecular complexity index is 376. The van der Waals surface area contributed by atoms with Crippen LogP contribution in [0.25, 0.3) is 0 Å². The molecule has 0 aliphatic rings. The second kappa shape index (κ2) is 7.39. The van der Waals surface area contributed by atoms with E-state index < -0.39 is 0 Å². The average Bonchev–Trinajstić information content (AvgIpc) is 2.31. The predicted molar refractivity (Wildman–Crippen MR) is 73.6 cm³/mol. The molecule has 0 saturated heterocycles. The van der Waals surface area contributed by atoms with Crippen molar-refractivity contribution in [1.82, 2.24) is 5.32 Å². The Morgan fingerprint density at radius 2 is 1.94 bits per heavy atom. The highest BCUT2D eigenvalue weighted by atomic mass is 35.5. The maximum absolute atomic E-state index is 11.8. The number of carbonyl (C=O) groups excluding carboxylic acids is 1. The minimum Gasteiger partial charge on any atom is -0.393 e. The van der Waals surface area contributed by atoms with E-state index in [4.69, 9.17) is 16.7 Å². The highest BCUT2D eigenvalue weighted by Gasteiger charge is 2.13. The molecule has 2 N–H and O–H groups in total. The number of rotatable bonds is 6. The number of nitrogens with one attached hydrogen (secondary N) is 1. The summed E-state index contributed by atoms with van der Waals surface area (Å²) in [6.45, 7) is 4.12. The van der Waals surface area contributed by atoms with E-state index in [0.717, 1.165) is 5.56 Å². The van der Waals surface area contributed by atoms with E-state index >= 15 is 0 Å². The van der Waals surface area contributed by atoms with Gasteiger partial charge in [0.1, 0.15) is 0 Å². The second-order valence-corrected chi connectivity index (χ2v) is 5.10. The van der Waals surface area contributed by atoms with Crippen molar-refractivity contribution in [2.24, 2.45) is 5.92 Å². The minimum atomic E-state index is -0.378. The van der Waals surface area contributed by atoms with E-state index in [1.165, 1.54) is 0 Å². The van der Waals surface area contributed by atoms with Gasteiger partial charge in [0.05, 0.1) is 6.10 Å². The smallest absolute Gasteiger partial charge is 0.223 e. The Labute approximate surface area is 113 Å². The fourth-order valence-electron chi connectivity index (χ4n) is 1.65. The minimum absolute atomic E-state index is 0.0191. The molecule has 1 rings (SSSR count). The maximum atomic E-state index is 11.8. The van der Waals surface area contributed by atoms with E-state index in [9.17, 15) is 4.79 Å². The molecule has 4 heteroatoms. The highest BCUT2D eigenvalue weighted by molar-refractivity contribution is 6.30. The van der Waals surface area contributed by atoms with Gasteiger partial charge in [0, 0.05) is 17.5 Å². The van der Waals surface area contributed by atoms with Crippen LogP contribution in [0, 0.1) is 5.92 Å². The molecule has 0 aromatic heterocycles. The molecule has 2 atom stereocenters. The number of aliphatic hydroxyl groups excluding tert-OH is 1. The van der Waals surface area contributed by atoms with Crippen molar-refractivity contribution in [1.29, 1.82) is 0 Å². The Kier molecular flexibility index (Phi) is 6.16. The summed E-state index contributed by atoms with van der Waals surface area (Å²) in [5, 5.41) is 12.6. The third-order valence-corrected chi connectivity index (χ3v) is 3.02. The van der Waals surface area contributed by atoms with E-state index in [1.807, 2.05) is 31.2 Å². The summed E-state index contributed by atoms with van der Waals surface area (Å²) < 4.78 is 0. The molecular weight excluding hydrogens is 250 g/mol.